The molecule has 1 fully saturated rings. The average molecular weight is 276 g/mol. The van der Waals surface area contributed by atoms with Crippen molar-refractivity contribution in [1.82, 2.24) is 9.97 Å². The van der Waals surface area contributed by atoms with Crippen LogP contribution in [0.2, 0.25) is 0 Å². The monoisotopic (exact) mass is 276 g/mol. The Labute approximate surface area is 123 Å². The van der Waals surface area contributed by atoms with Crippen molar-refractivity contribution in [2.24, 2.45) is 0 Å². The van der Waals surface area contributed by atoms with Gasteiger partial charge in [-0.25, -0.2) is 9.97 Å². The average Bonchev–Trinajstić information content (AvgIpc) is 3.27. The number of aromatic nitrogens is 2. The molecule has 104 valence electrons. The first-order valence-electron chi connectivity index (χ1n) is 7.13. The van der Waals surface area contributed by atoms with E-state index in [4.69, 9.17) is 5.73 Å². The molecule has 0 aliphatic heterocycles. The summed E-state index contributed by atoms with van der Waals surface area (Å²) in [6.07, 6.45) is 2.73. The molecule has 3 N–H and O–H groups in total. The van der Waals surface area contributed by atoms with Crippen LogP contribution in [0.15, 0.2) is 54.9 Å². The predicted octanol–water partition coefficient (Wildman–Crippen LogP) is 3.18. The Balaban J connectivity index is 1.59. The first kappa shape index (κ1) is 12.1. The topological polar surface area (TPSA) is 63.8 Å². The maximum atomic E-state index is 5.80. The number of hydrogen-bond donors (Lipinski definition) is 2. The third-order valence-electron chi connectivity index (χ3n) is 4.00. The van der Waals surface area contributed by atoms with Crippen LogP contribution < -0.4 is 11.1 Å². The Bertz CT molecular complexity index is 785. The molecule has 0 bridgehead atoms. The lowest BCUT2D eigenvalue weighted by Gasteiger charge is -2.08. The summed E-state index contributed by atoms with van der Waals surface area (Å²) in [5, 5.41) is 4.55. The number of anilines is 2. The Kier molecular flexibility index (Phi) is 2.74. The van der Waals surface area contributed by atoms with Crippen molar-refractivity contribution in [3.63, 3.8) is 0 Å². The number of rotatable bonds is 3. The van der Waals surface area contributed by atoms with E-state index >= 15 is 0 Å². The highest BCUT2D eigenvalue weighted by atomic mass is 15.1. The molecule has 4 heteroatoms. The normalized spacial score (nSPS) is 20.4. The van der Waals surface area contributed by atoms with Gasteiger partial charge in [-0.05, 0) is 30.2 Å². The zero-order chi connectivity index (χ0) is 14.2. The van der Waals surface area contributed by atoms with Crippen LogP contribution in [-0.2, 0) is 0 Å². The second-order valence-corrected chi connectivity index (χ2v) is 5.50. The highest BCUT2D eigenvalue weighted by molar-refractivity contribution is 5.90. The van der Waals surface area contributed by atoms with E-state index in [0.29, 0.717) is 12.0 Å². The van der Waals surface area contributed by atoms with Crippen LogP contribution in [0, 0.1) is 0 Å². The SMILES string of the molecule is Nc1ccc2c(NC3CC3c3ccccc3)ncnc2c1. The molecule has 4 rings (SSSR count). The van der Waals surface area contributed by atoms with E-state index in [1.54, 1.807) is 6.33 Å². The van der Waals surface area contributed by atoms with Crippen LogP contribution in [0.4, 0.5) is 11.5 Å². The van der Waals surface area contributed by atoms with E-state index < -0.39 is 0 Å². The van der Waals surface area contributed by atoms with Crippen LogP contribution in [-0.4, -0.2) is 16.0 Å². The highest BCUT2D eigenvalue weighted by Crippen LogP contribution is 2.43. The fourth-order valence-electron chi connectivity index (χ4n) is 2.79. The van der Waals surface area contributed by atoms with Gasteiger partial charge < -0.3 is 11.1 Å². The van der Waals surface area contributed by atoms with Gasteiger partial charge in [0.05, 0.1) is 5.52 Å². The maximum Gasteiger partial charge on any atom is 0.137 e. The molecule has 1 aromatic heterocycles. The van der Waals surface area contributed by atoms with Gasteiger partial charge in [-0.15, -0.1) is 0 Å². The number of nitrogens with two attached hydrogens (primary N) is 1. The Hall–Kier alpha value is -2.62. The molecule has 1 saturated carbocycles. The third kappa shape index (κ3) is 2.29. The van der Waals surface area contributed by atoms with E-state index in [9.17, 15) is 0 Å². The molecule has 4 nitrogen and oxygen atoms in total. The molecular weight excluding hydrogens is 260 g/mol. The molecule has 3 aromatic rings. The molecule has 1 heterocycles. The van der Waals surface area contributed by atoms with Gasteiger partial charge >= 0.3 is 0 Å². The summed E-state index contributed by atoms with van der Waals surface area (Å²) in [6.45, 7) is 0. The number of nitrogens with zero attached hydrogens (tertiary/aromatic N) is 2. The van der Waals surface area contributed by atoms with Gasteiger partial charge in [0.1, 0.15) is 12.1 Å². The van der Waals surface area contributed by atoms with E-state index in [0.717, 1.165) is 28.8 Å². The minimum absolute atomic E-state index is 0.447. The van der Waals surface area contributed by atoms with Crippen molar-refractivity contribution in [3.8, 4) is 0 Å². The molecular formula is C17H16N4. The summed E-state index contributed by atoms with van der Waals surface area (Å²) in [4.78, 5) is 8.66. The molecule has 2 aromatic carbocycles. The van der Waals surface area contributed by atoms with Gasteiger partial charge in [0.2, 0.25) is 0 Å². The van der Waals surface area contributed by atoms with Gasteiger partial charge in [0.15, 0.2) is 0 Å². The fourth-order valence-corrected chi connectivity index (χ4v) is 2.79. The first-order valence-corrected chi connectivity index (χ1v) is 7.13. The Morgan fingerprint density at radius 2 is 1.90 bits per heavy atom. The zero-order valence-corrected chi connectivity index (χ0v) is 11.5. The molecule has 1 aliphatic carbocycles. The summed E-state index contributed by atoms with van der Waals surface area (Å²) in [7, 11) is 0. The summed E-state index contributed by atoms with van der Waals surface area (Å²) >= 11 is 0. The zero-order valence-electron chi connectivity index (χ0n) is 11.5. The largest absolute Gasteiger partial charge is 0.399 e. The quantitative estimate of drug-likeness (QED) is 0.721. The number of nitrogen functional groups attached to an aromatic ring is 1. The number of fused-ring (bicyclic) bond motifs is 1. The summed E-state index contributed by atoms with van der Waals surface area (Å²) in [5.74, 6) is 1.47. The van der Waals surface area contributed by atoms with Gasteiger partial charge in [-0.1, -0.05) is 30.3 Å². The van der Waals surface area contributed by atoms with Crippen LogP contribution in [0.1, 0.15) is 17.9 Å². The second kappa shape index (κ2) is 4.74. The molecule has 21 heavy (non-hydrogen) atoms. The van der Waals surface area contributed by atoms with Crippen molar-refractivity contribution in [1.29, 1.82) is 0 Å². The van der Waals surface area contributed by atoms with Crippen molar-refractivity contribution in [2.75, 3.05) is 11.1 Å². The minimum atomic E-state index is 0.447. The molecule has 2 atom stereocenters. The van der Waals surface area contributed by atoms with Crippen molar-refractivity contribution >= 4 is 22.4 Å². The van der Waals surface area contributed by atoms with Crippen molar-refractivity contribution < 1.29 is 0 Å². The lowest BCUT2D eigenvalue weighted by Crippen LogP contribution is -2.06. The van der Waals surface area contributed by atoms with E-state index in [-0.39, 0.29) is 0 Å². The van der Waals surface area contributed by atoms with Crippen LogP contribution >= 0.6 is 0 Å². The smallest absolute Gasteiger partial charge is 0.137 e. The molecule has 0 radical (unpaired) electrons. The molecule has 2 unspecified atom stereocenters. The van der Waals surface area contributed by atoms with Gasteiger partial charge in [-0.2, -0.15) is 0 Å². The summed E-state index contributed by atoms with van der Waals surface area (Å²) in [6, 6.07) is 16.8. The highest BCUT2D eigenvalue weighted by Gasteiger charge is 2.38. The summed E-state index contributed by atoms with van der Waals surface area (Å²) < 4.78 is 0. The first-order chi connectivity index (χ1) is 10.3. The standard InChI is InChI=1S/C17H16N4/c18-12-6-7-13-15(8-12)19-10-20-17(13)21-16-9-14(16)11-4-2-1-3-5-11/h1-8,10,14,16H,9,18H2,(H,19,20,21). The number of benzene rings is 2. The van der Waals surface area contributed by atoms with Crippen LogP contribution in [0.3, 0.4) is 0 Å². The summed E-state index contributed by atoms with van der Waals surface area (Å²) in [5.41, 5.74) is 8.79. The van der Waals surface area contributed by atoms with Crippen molar-refractivity contribution in [2.45, 2.75) is 18.4 Å². The van der Waals surface area contributed by atoms with E-state index in [2.05, 4.69) is 45.6 Å². The Morgan fingerprint density at radius 3 is 2.76 bits per heavy atom. The van der Waals surface area contributed by atoms with E-state index in [1.165, 1.54) is 5.56 Å². The molecule has 0 spiro atoms. The maximum absolute atomic E-state index is 5.80. The third-order valence-corrected chi connectivity index (χ3v) is 4.00. The number of nitrogens with one attached hydrogen (secondary N) is 1. The van der Waals surface area contributed by atoms with Gasteiger partial charge in [0.25, 0.3) is 0 Å². The van der Waals surface area contributed by atoms with E-state index in [1.807, 2.05) is 18.2 Å². The predicted molar refractivity (Wildman–Crippen MR) is 85.2 cm³/mol. The van der Waals surface area contributed by atoms with Gasteiger partial charge in [-0.3, -0.25) is 0 Å². The number of hydrogen-bond acceptors (Lipinski definition) is 4. The lowest BCUT2D eigenvalue weighted by molar-refractivity contribution is 1.03. The second-order valence-electron chi connectivity index (χ2n) is 5.50. The Morgan fingerprint density at radius 1 is 1.05 bits per heavy atom. The minimum Gasteiger partial charge on any atom is -0.399 e. The van der Waals surface area contributed by atoms with Crippen molar-refractivity contribution in [3.05, 3.63) is 60.4 Å². The molecule has 0 saturated heterocycles. The fraction of sp³-hybridized carbons (Fsp3) is 0.176. The van der Waals surface area contributed by atoms with Crippen LogP contribution in [0.25, 0.3) is 10.9 Å². The molecule has 1 aliphatic rings. The van der Waals surface area contributed by atoms with Gasteiger partial charge in [0, 0.05) is 23.0 Å². The lowest BCUT2D eigenvalue weighted by atomic mass is 10.1. The van der Waals surface area contributed by atoms with Crippen LogP contribution in [0.5, 0.6) is 0 Å². The molecule has 0 amide bonds.